The molecule has 0 saturated heterocycles. The highest BCUT2D eigenvalue weighted by atomic mass is 16.7. The first-order valence-electron chi connectivity index (χ1n) is 8.26. The molecule has 1 aromatic rings. The summed E-state index contributed by atoms with van der Waals surface area (Å²) in [5.41, 5.74) is 2.00. The van der Waals surface area contributed by atoms with Crippen LogP contribution in [0.5, 0.6) is 0 Å². The second kappa shape index (κ2) is 5.16. The number of anilines is 1. The maximum Gasteiger partial charge on any atom is 0.334 e. The molecule has 25 heavy (non-hydrogen) atoms. The van der Waals surface area contributed by atoms with Gasteiger partial charge in [-0.3, -0.25) is 4.79 Å². The second-order valence-corrected chi connectivity index (χ2v) is 6.96. The predicted octanol–water partition coefficient (Wildman–Crippen LogP) is 1.66. The third-order valence-corrected chi connectivity index (χ3v) is 6.19. The quantitative estimate of drug-likeness (QED) is 0.665. The van der Waals surface area contributed by atoms with Crippen LogP contribution in [0.1, 0.15) is 12.5 Å². The molecule has 1 aromatic carbocycles. The van der Waals surface area contributed by atoms with E-state index in [0.717, 1.165) is 11.3 Å². The Kier molecular flexibility index (Phi) is 3.36. The van der Waals surface area contributed by atoms with Crippen molar-refractivity contribution < 1.29 is 23.8 Å². The van der Waals surface area contributed by atoms with Gasteiger partial charge in [0.1, 0.15) is 0 Å². The van der Waals surface area contributed by atoms with Crippen molar-refractivity contribution in [3.63, 3.8) is 0 Å². The van der Waals surface area contributed by atoms with Crippen molar-refractivity contribution in [2.75, 3.05) is 26.6 Å². The van der Waals surface area contributed by atoms with E-state index in [0.29, 0.717) is 5.57 Å². The number of methoxy groups -OCH3 is 3. The van der Waals surface area contributed by atoms with Gasteiger partial charge in [-0.2, -0.15) is 0 Å². The summed E-state index contributed by atoms with van der Waals surface area (Å²) in [6.45, 7) is 2.06. The van der Waals surface area contributed by atoms with Gasteiger partial charge >= 0.3 is 5.97 Å². The zero-order valence-corrected chi connectivity index (χ0v) is 14.7. The van der Waals surface area contributed by atoms with Crippen molar-refractivity contribution >= 4 is 17.4 Å². The molecule has 1 N–H and O–H groups in total. The summed E-state index contributed by atoms with van der Waals surface area (Å²) in [7, 11) is 4.22. The smallest absolute Gasteiger partial charge is 0.334 e. The van der Waals surface area contributed by atoms with Crippen LogP contribution in [0.25, 0.3) is 0 Å². The molecule has 2 bridgehead atoms. The van der Waals surface area contributed by atoms with E-state index in [1.807, 2.05) is 24.3 Å². The number of allylic oxidation sites excluding steroid dienone is 1. The van der Waals surface area contributed by atoms with Crippen molar-refractivity contribution in [1.29, 1.82) is 0 Å². The Morgan fingerprint density at radius 2 is 1.84 bits per heavy atom. The summed E-state index contributed by atoms with van der Waals surface area (Å²) in [6, 6.07) is 7.72. The van der Waals surface area contributed by atoms with Gasteiger partial charge in [-0.1, -0.05) is 31.2 Å². The topological polar surface area (TPSA) is 73.9 Å². The number of hydrogen-bond donors (Lipinski definition) is 1. The summed E-state index contributed by atoms with van der Waals surface area (Å²) < 4.78 is 16.1. The van der Waals surface area contributed by atoms with Crippen molar-refractivity contribution in [2.45, 2.75) is 24.2 Å². The van der Waals surface area contributed by atoms with Gasteiger partial charge in [0.15, 0.2) is 5.78 Å². The van der Waals surface area contributed by atoms with Gasteiger partial charge in [-0.15, -0.1) is 0 Å². The number of ketones is 1. The SMILES string of the molecule is COC(=O)C1=CC2C(=O)C(OC)(OC)C1C1Nc3ccccc3C21C. The van der Waals surface area contributed by atoms with Crippen LogP contribution >= 0.6 is 0 Å². The molecule has 1 saturated carbocycles. The molecule has 0 amide bonds. The van der Waals surface area contributed by atoms with E-state index in [1.165, 1.54) is 21.3 Å². The number of rotatable bonds is 3. The van der Waals surface area contributed by atoms with Crippen LogP contribution in [0.15, 0.2) is 35.9 Å². The van der Waals surface area contributed by atoms with Gasteiger partial charge in [0.05, 0.1) is 18.9 Å². The fraction of sp³-hybridized carbons (Fsp3) is 0.474. The Bertz CT molecular complexity index is 797. The van der Waals surface area contributed by atoms with E-state index < -0.39 is 29.0 Å². The number of ether oxygens (including phenoxy) is 3. The van der Waals surface area contributed by atoms with Gasteiger partial charge < -0.3 is 19.5 Å². The summed E-state index contributed by atoms with van der Waals surface area (Å²) in [5, 5.41) is 3.50. The monoisotopic (exact) mass is 343 g/mol. The lowest BCUT2D eigenvalue weighted by atomic mass is 9.51. The van der Waals surface area contributed by atoms with Crippen LogP contribution in [0.3, 0.4) is 0 Å². The van der Waals surface area contributed by atoms with Crippen LogP contribution in [-0.2, 0) is 29.2 Å². The third-order valence-electron chi connectivity index (χ3n) is 6.19. The first-order valence-corrected chi connectivity index (χ1v) is 8.26. The van der Waals surface area contributed by atoms with Crippen LogP contribution < -0.4 is 5.32 Å². The lowest BCUT2D eigenvalue weighted by Crippen LogP contribution is -2.71. The molecule has 4 atom stereocenters. The van der Waals surface area contributed by atoms with Crippen molar-refractivity contribution in [1.82, 2.24) is 0 Å². The summed E-state index contributed by atoms with van der Waals surface area (Å²) >= 11 is 0. The summed E-state index contributed by atoms with van der Waals surface area (Å²) in [4.78, 5) is 25.7. The maximum atomic E-state index is 13.3. The second-order valence-electron chi connectivity index (χ2n) is 6.96. The number of hydrogen-bond acceptors (Lipinski definition) is 6. The van der Waals surface area contributed by atoms with Gasteiger partial charge in [-0.05, 0) is 11.6 Å². The molecular weight excluding hydrogens is 322 g/mol. The average molecular weight is 343 g/mol. The number of Topliss-reactive ketones (excluding diaryl/α,β-unsaturated/α-hetero) is 1. The minimum atomic E-state index is -1.50. The number of carbonyl (C=O) groups excluding carboxylic acids is 2. The Morgan fingerprint density at radius 3 is 2.48 bits per heavy atom. The molecular formula is C19H21NO5. The fourth-order valence-corrected chi connectivity index (χ4v) is 4.98. The number of benzene rings is 1. The van der Waals surface area contributed by atoms with Gasteiger partial charge in [-0.25, -0.2) is 4.79 Å². The predicted molar refractivity (Wildman–Crippen MR) is 90.0 cm³/mol. The van der Waals surface area contributed by atoms with Crippen LogP contribution in [0.2, 0.25) is 0 Å². The van der Waals surface area contributed by atoms with Crippen molar-refractivity contribution in [2.24, 2.45) is 11.8 Å². The molecule has 0 spiro atoms. The number of fused-ring (bicyclic) bond motifs is 2. The lowest BCUT2D eigenvalue weighted by molar-refractivity contribution is -0.245. The van der Waals surface area contributed by atoms with Crippen molar-refractivity contribution in [3.05, 3.63) is 41.5 Å². The Balaban J connectivity index is 1.97. The number of esters is 1. The average Bonchev–Trinajstić information content (AvgIpc) is 2.96. The highest BCUT2D eigenvalue weighted by Crippen LogP contribution is 2.60. The molecule has 1 fully saturated rings. The fourth-order valence-electron chi connectivity index (χ4n) is 4.98. The van der Waals surface area contributed by atoms with Crippen LogP contribution in [-0.4, -0.2) is 44.9 Å². The van der Waals surface area contributed by atoms with E-state index in [1.54, 1.807) is 6.08 Å². The van der Waals surface area contributed by atoms with E-state index in [-0.39, 0.29) is 11.8 Å². The molecule has 4 unspecified atom stereocenters. The Morgan fingerprint density at radius 1 is 1.16 bits per heavy atom. The van der Waals surface area contributed by atoms with Crippen molar-refractivity contribution in [3.8, 4) is 0 Å². The summed E-state index contributed by atoms with van der Waals surface area (Å²) in [6.07, 6.45) is 1.75. The van der Waals surface area contributed by atoms with Gasteiger partial charge in [0.2, 0.25) is 5.79 Å². The number of carbonyl (C=O) groups is 2. The van der Waals surface area contributed by atoms with Gasteiger partial charge in [0.25, 0.3) is 0 Å². The zero-order chi connectivity index (χ0) is 18.0. The van der Waals surface area contributed by atoms with E-state index >= 15 is 0 Å². The third kappa shape index (κ3) is 1.71. The first-order chi connectivity index (χ1) is 12.0. The molecule has 1 heterocycles. The maximum absolute atomic E-state index is 13.3. The molecule has 6 nitrogen and oxygen atoms in total. The molecule has 4 aliphatic rings. The molecule has 0 radical (unpaired) electrons. The number of para-hydroxylation sites is 1. The minimum absolute atomic E-state index is 0.160. The lowest BCUT2D eigenvalue weighted by Gasteiger charge is -2.56. The molecule has 132 valence electrons. The molecule has 1 aliphatic heterocycles. The molecule has 6 heteroatoms. The normalized spacial score (nSPS) is 34.0. The Labute approximate surface area is 146 Å². The van der Waals surface area contributed by atoms with Gasteiger partial charge in [0, 0.05) is 36.9 Å². The highest BCUT2D eigenvalue weighted by Gasteiger charge is 2.71. The minimum Gasteiger partial charge on any atom is -0.466 e. The largest absolute Gasteiger partial charge is 0.466 e. The highest BCUT2D eigenvalue weighted by molar-refractivity contribution is 6.02. The van der Waals surface area contributed by atoms with Crippen LogP contribution in [0.4, 0.5) is 5.69 Å². The standard InChI is InChI=1S/C19H21NO5/c1-18-11-7-5-6-8-13(11)20-15(18)14-10(17(22)23-2)9-12(18)16(21)19(14,24-3)25-4/h5-9,12,14-15,20H,1-4H3. The molecule has 0 aromatic heterocycles. The van der Waals surface area contributed by atoms with Crippen LogP contribution in [0, 0.1) is 11.8 Å². The van der Waals surface area contributed by atoms with E-state index in [2.05, 4.69) is 12.2 Å². The number of nitrogens with one attached hydrogen (secondary N) is 1. The van der Waals surface area contributed by atoms with E-state index in [4.69, 9.17) is 14.2 Å². The first kappa shape index (κ1) is 16.3. The summed E-state index contributed by atoms with van der Waals surface area (Å²) in [5.74, 6) is -3.27. The Hall–Kier alpha value is -2.18. The molecule has 3 aliphatic carbocycles. The zero-order valence-electron chi connectivity index (χ0n) is 14.7. The van der Waals surface area contributed by atoms with E-state index in [9.17, 15) is 9.59 Å². The molecule has 5 rings (SSSR count).